The second-order valence-electron chi connectivity index (χ2n) is 0. The Hall–Kier alpha value is 2.34. The predicted molar refractivity (Wildman–Crippen MR) is 17.9 cm³/mol. The normalized spacial score (nSPS) is 0. The summed E-state index contributed by atoms with van der Waals surface area (Å²) in [6, 6.07) is 0. The van der Waals surface area contributed by atoms with E-state index >= 15 is 0 Å². The summed E-state index contributed by atoms with van der Waals surface area (Å²) in [6.07, 6.45) is 0. The first-order chi connectivity index (χ1) is 0. The van der Waals surface area contributed by atoms with Crippen molar-refractivity contribution >= 4 is 40.4 Å². The minimum Gasteiger partial charge on any atom is -1.00 e. The van der Waals surface area contributed by atoms with Crippen LogP contribution in [0.4, 0.5) is 0 Å². The minimum absolute atomic E-state index is 0. The maximum atomic E-state index is 0. The van der Waals surface area contributed by atoms with Crippen LogP contribution in [-0.2, 0) is 34.1 Å². The molecule has 0 heterocycles. The van der Waals surface area contributed by atoms with Crippen molar-refractivity contribution in [1.29, 1.82) is 0 Å². The van der Waals surface area contributed by atoms with Crippen LogP contribution in [0.3, 0.4) is 0 Å². The van der Waals surface area contributed by atoms with Gasteiger partial charge >= 0.3 is 23.1 Å². The zero-order chi connectivity index (χ0) is 0. The van der Waals surface area contributed by atoms with Gasteiger partial charge in [0.1, 0.15) is 0 Å². The molecule has 0 aliphatic rings. The SMILES string of the molecule is [AlH3].[Cu].[Fe].[H-].[H-].[Mg+2]. The molecule has 0 nitrogen and oxygen atoms in total. The fourth-order valence-corrected chi connectivity index (χ4v) is 0. The van der Waals surface area contributed by atoms with Crippen LogP contribution in [0.15, 0.2) is 0 Å². The number of hydrogen-bond acceptors (Lipinski definition) is 0. The summed E-state index contributed by atoms with van der Waals surface area (Å²) in [6.45, 7) is 0. The summed E-state index contributed by atoms with van der Waals surface area (Å²) in [5.74, 6) is 0. The van der Waals surface area contributed by atoms with E-state index in [1.807, 2.05) is 0 Å². The maximum Gasteiger partial charge on any atom is 2.00 e. The molecule has 29 valence electrons. The topological polar surface area (TPSA) is 0 Å². The molecule has 0 aromatic carbocycles. The molecule has 0 spiro atoms. The zero-order valence-electron chi connectivity index (χ0n) is 3.36. The van der Waals surface area contributed by atoms with E-state index in [1.54, 1.807) is 0 Å². The molecule has 0 N–H and O–H groups in total. The monoisotopic (exact) mass is 175 g/mol. The Kier molecular flexibility index (Phi) is 152. The fourth-order valence-electron chi connectivity index (χ4n) is 0. The smallest absolute Gasteiger partial charge is 1.00 e. The van der Waals surface area contributed by atoms with Crippen LogP contribution in [0.25, 0.3) is 0 Å². The van der Waals surface area contributed by atoms with E-state index in [0.717, 1.165) is 0 Å². The van der Waals surface area contributed by atoms with E-state index in [1.165, 1.54) is 0 Å². The largest absolute Gasteiger partial charge is 2.00 e. The average Bonchev–Trinajstić information content (AvgIpc) is 0. The van der Waals surface area contributed by atoms with E-state index in [2.05, 4.69) is 0 Å². The Bertz CT molecular complexity index is 13.5. The molecule has 0 aliphatic heterocycles. The molecule has 0 saturated carbocycles. The van der Waals surface area contributed by atoms with Gasteiger partial charge in [-0.3, -0.25) is 0 Å². The first-order valence-corrected chi connectivity index (χ1v) is 0. The average molecular weight is 176 g/mol. The summed E-state index contributed by atoms with van der Waals surface area (Å²) < 4.78 is 0. The second-order valence-corrected chi connectivity index (χ2v) is 0. The Morgan fingerprint density at radius 2 is 1.25 bits per heavy atom. The van der Waals surface area contributed by atoms with Gasteiger partial charge in [-0.05, 0) is 0 Å². The predicted octanol–water partition coefficient (Wildman–Crippen LogP) is -1.34. The Labute approximate surface area is 76.7 Å². The minimum atomic E-state index is 0. The molecule has 1 radical (unpaired) electrons. The van der Waals surface area contributed by atoms with E-state index in [0.29, 0.717) is 0 Å². The van der Waals surface area contributed by atoms with Crippen molar-refractivity contribution in [2.45, 2.75) is 0 Å². The van der Waals surface area contributed by atoms with Gasteiger partial charge in [0.25, 0.3) is 0 Å². The number of hydrogen-bond donors (Lipinski definition) is 0. The Morgan fingerprint density at radius 1 is 1.25 bits per heavy atom. The molecular formula is H5AlCuFeMg. The van der Waals surface area contributed by atoms with E-state index in [-0.39, 0.29) is 77.4 Å². The number of rotatable bonds is 0. The third kappa shape index (κ3) is 8.84. The van der Waals surface area contributed by atoms with E-state index < -0.39 is 0 Å². The van der Waals surface area contributed by atoms with Crippen molar-refractivity contribution in [1.82, 2.24) is 0 Å². The van der Waals surface area contributed by atoms with Gasteiger partial charge in [0.05, 0.1) is 0 Å². The van der Waals surface area contributed by atoms with Gasteiger partial charge in [0.15, 0.2) is 17.4 Å². The first kappa shape index (κ1) is 33.0. The molecule has 4 heteroatoms. The third-order valence-electron chi connectivity index (χ3n) is 0. The van der Waals surface area contributed by atoms with Gasteiger partial charge < -0.3 is 2.85 Å². The fraction of sp³-hybridized carbons (Fsp3) is 0. The molecule has 0 aromatic rings. The second kappa shape index (κ2) is 18.4. The van der Waals surface area contributed by atoms with Crippen molar-refractivity contribution in [3.63, 3.8) is 0 Å². The van der Waals surface area contributed by atoms with Crippen LogP contribution in [-0.4, -0.2) is 40.4 Å². The Morgan fingerprint density at radius 3 is 1.25 bits per heavy atom. The van der Waals surface area contributed by atoms with E-state index in [4.69, 9.17) is 0 Å². The van der Waals surface area contributed by atoms with Gasteiger partial charge in [0, 0.05) is 34.1 Å². The summed E-state index contributed by atoms with van der Waals surface area (Å²) >= 11 is 0. The molecule has 0 amide bonds. The molecule has 0 bridgehead atoms. The molecule has 0 atom stereocenters. The molecule has 0 aliphatic carbocycles. The summed E-state index contributed by atoms with van der Waals surface area (Å²) in [5.41, 5.74) is 0. The molecule has 4 heavy (non-hydrogen) atoms. The van der Waals surface area contributed by atoms with Crippen LogP contribution in [0, 0.1) is 0 Å². The molecule has 0 rings (SSSR count). The quantitative estimate of drug-likeness (QED) is 0.400. The maximum absolute atomic E-state index is 0. The van der Waals surface area contributed by atoms with Crippen LogP contribution >= 0.6 is 0 Å². The Balaban J connectivity index is 0. The first-order valence-electron chi connectivity index (χ1n) is 0. The van der Waals surface area contributed by atoms with Crippen LogP contribution in [0.1, 0.15) is 2.85 Å². The van der Waals surface area contributed by atoms with E-state index in [9.17, 15) is 0 Å². The summed E-state index contributed by atoms with van der Waals surface area (Å²) in [4.78, 5) is 0. The van der Waals surface area contributed by atoms with Crippen molar-refractivity contribution < 1.29 is 37.0 Å². The summed E-state index contributed by atoms with van der Waals surface area (Å²) in [7, 11) is 0. The molecule has 0 unspecified atom stereocenters. The van der Waals surface area contributed by atoms with Gasteiger partial charge in [-0.25, -0.2) is 0 Å². The molecule has 0 aromatic heterocycles. The zero-order valence-corrected chi connectivity index (χ0v) is 4.82. The third-order valence-corrected chi connectivity index (χ3v) is 0. The molecule has 0 saturated heterocycles. The summed E-state index contributed by atoms with van der Waals surface area (Å²) in [5, 5.41) is 0. The van der Waals surface area contributed by atoms with Crippen molar-refractivity contribution in [2.75, 3.05) is 0 Å². The molecule has 0 fully saturated rings. The van der Waals surface area contributed by atoms with Crippen molar-refractivity contribution in [2.24, 2.45) is 0 Å². The van der Waals surface area contributed by atoms with Crippen molar-refractivity contribution in [3.05, 3.63) is 0 Å². The van der Waals surface area contributed by atoms with Gasteiger partial charge in [-0.1, -0.05) is 0 Å². The van der Waals surface area contributed by atoms with Crippen LogP contribution in [0.5, 0.6) is 0 Å². The van der Waals surface area contributed by atoms with Crippen LogP contribution in [0.2, 0.25) is 0 Å². The van der Waals surface area contributed by atoms with Gasteiger partial charge in [0.2, 0.25) is 0 Å². The standard InChI is InChI=1S/Al.Cu.Fe.Mg.5H/q;;;+2;;;;2*-1. The van der Waals surface area contributed by atoms with Crippen molar-refractivity contribution in [3.8, 4) is 0 Å². The van der Waals surface area contributed by atoms with Crippen LogP contribution < -0.4 is 0 Å². The van der Waals surface area contributed by atoms with Gasteiger partial charge in [-0.15, -0.1) is 0 Å². The molecular weight excluding hydrogens is 171 g/mol. The van der Waals surface area contributed by atoms with Gasteiger partial charge in [-0.2, -0.15) is 0 Å².